The van der Waals surface area contributed by atoms with Crippen LogP contribution in [0, 0.1) is 0 Å². The Morgan fingerprint density at radius 1 is 1.10 bits per heavy atom. The number of fused-ring (bicyclic) bond motifs is 1. The van der Waals surface area contributed by atoms with Crippen LogP contribution in [0.3, 0.4) is 0 Å². The SMILES string of the molecule is COc1ccc(-c2cnc3n2CC2(CCN(C(=O)N4CCCC4)CC2)O[C@@H]3C)cc1. The molecule has 2 amide bonds. The molecule has 0 unspecified atom stereocenters. The predicted octanol–water partition coefficient (Wildman–Crippen LogP) is 3.70. The predicted molar refractivity (Wildman–Crippen MR) is 113 cm³/mol. The third-order valence-corrected chi connectivity index (χ3v) is 6.83. The number of aromatic nitrogens is 2. The smallest absolute Gasteiger partial charge is 0.320 e. The van der Waals surface area contributed by atoms with E-state index in [1.807, 2.05) is 28.1 Å². The Bertz CT molecular complexity index is 909. The van der Waals surface area contributed by atoms with Gasteiger partial charge in [0.25, 0.3) is 0 Å². The van der Waals surface area contributed by atoms with E-state index in [9.17, 15) is 4.79 Å². The zero-order valence-corrected chi connectivity index (χ0v) is 17.8. The fourth-order valence-corrected chi connectivity index (χ4v) is 5.12. The zero-order chi connectivity index (χ0) is 20.7. The topological polar surface area (TPSA) is 59.8 Å². The van der Waals surface area contributed by atoms with Crippen molar-refractivity contribution in [2.75, 3.05) is 33.3 Å². The van der Waals surface area contributed by atoms with Gasteiger partial charge in [0.05, 0.1) is 31.1 Å². The van der Waals surface area contributed by atoms with E-state index in [0.29, 0.717) is 0 Å². The second kappa shape index (κ2) is 7.61. The molecular formula is C23H30N4O3. The average Bonchev–Trinajstić information content (AvgIpc) is 3.44. The van der Waals surface area contributed by atoms with E-state index in [4.69, 9.17) is 9.47 Å². The van der Waals surface area contributed by atoms with Crippen molar-refractivity contribution >= 4 is 6.03 Å². The van der Waals surface area contributed by atoms with E-state index < -0.39 is 0 Å². The van der Waals surface area contributed by atoms with E-state index in [1.165, 1.54) is 0 Å². The fourth-order valence-electron chi connectivity index (χ4n) is 5.12. The summed E-state index contributed by atoms with van der Waals surface area (Å²) < 4.78 is 14.1. The van der Waals surface area contributed by atoms with Crippen LogP contribution in [0.25, 0.3) is 11.3 Å². The van der Waals surface area contributed by atoms with Crippen molar-refractivity contribution < 1.29 is 14.3 Å². The van der Waals surface area contributed by atoms with E-state index in [2.05, 4.69) is 28.6 Å². The van der Waals surface area contributed by atoms with Gasteiger partial charge in [-0.3, -0.25) is 0 Å². The summed E-state index contributed by atoms with van der Waals surface area (Å²) in [5, 5.41) is 0. The normalized spacial score (nSPS) is 22.9. The highest BCUT2D eigenvalue weighted by molar-refractivity contribution is 5.74. The Balaban J connectivity index is 1.34. The first kappa shape index (κ1) is 19.4. The fraction of sp³-hybridized carbons (Fsp3) is 0.565. The molecule has 7 nitrogen and oxygen atoms in total. The minimum absolute atomic E-state index is 0.0634. The maximum atomic E-state index is 12.8. The van der Waals surface area contributed by atoms with Crippen molar-refractivity contribution in [1.82, 2.24) is 19.4 Å². The van der Waals surface area contributed by atoms with Gasteiger partial charge in [-0.05, 0) is 56.9 Å². The Kier molecular flexibility index (Phi) is 4.93. The lowest BCUT2D eigenvalue weighted by atomic mass is 9.89. The number of ether oxygens (including phenoxy) is 2. The second-order valence-corrected chi connectivity index (χ2v) is 8.72. The molecule has 4 heterocycles. The highest BCUT2D eigenvalue weighted by Gasteiger charge is 2.44. The number of rotatable bonds is 2. The Labute approximate surface area is 177 Å². The van der Waals surface area contributed by atoms with Crippen LogP contribution in [-0.2, 0) is 11.3 Å². The van der Waals surface area contributed by atoms with Gasteiger partial charge in [0, 0.05) is 31.7 Å². The standard InChI is InChI=1S/C23H30N4O3/c1-17-21-24-15-20(18-5-7-19(29-2)8-6-18)27(21)16-23(30-17)9-13-26(14-10-23)22(28)25-11-3-4-12-25/h5-8,15,17H,3-4,9-14,16H2,1-2H3/t17-/m1/s1. The molecule has 7 heteroatoms. The first-order valence-corrected chi connectivity index (χ1v) is 11.0. The van der Waals surface area contributed by atoms with Gasteiger partial charge >= 0.3 is 6.03 Å². The minimum Gasteiger partial charge on any atom is -0.497 e. The van der Waals surface area contributed by atoms with Crippen molar-refractivity contribution in [2.24, 2.45) is 0 Å². The molecule has 5 rings (SSSR count). The lowest BCUT2D eigenvalue weighted by Gasteiger charge is -2.46. The number of benzene rings is 1. The highest BCUT2D eigenvalue weighted by Crippen LogP contribution is 2.40. The van der Waals surface area contributed by atoms with E-state index in [1.54, 1.807) is 7.11 Å². The second-order valence-electron chi connectivity index (χ2n) is 8.72. The van der Waals surface area contributed by atoms with Crippen molar-refractivity contribution in [3.8, 4) is 17.0 Å². The Morgan fingerprint density at radius 3 is 2.43 bits per heavy atom. The van der Waals surface area contributed by atoms with Gasteiger partial charge in [-0.2, -0.15) is 0 Å². The van der Waals surface area contributed by atoms with Gasteiger partial charge in [-0.1, -0.05) is 0 Å². The van der Waals surface area contributed by atoms with Gasteiger partial charge in [-0.15, -0.1) is 0 Å². The van der Waals surface area contributed by atoms with Gasteiger partial charge in [0.2, 0.25) is 0 Å². The molecule has 0 bridgehead atoms. The van der Waals surface area contributed by atoms with Gasteiger partial charge in [0.1, 0.15) is 17.7 Å². The molecule has 2 aromatic rings. The molecule has 1 spiro atoms. The summed E-state index contributed by atoms with van der Waals surface area (Å²) >= 11 is 0. The third-order valence-electron chi connectivity index (χ3n) is 6.83. The molecule has 3 aliphatic rings. The van der Waals surface area contributed by atoms with E-state index in [0.717, 1.165) is 81.2 Å². The number of hydrogen-bond acceptors (Lipinski definition) is 4. The number of imidazole rings is 1. The van der Waals surface area contributed by atoms with Crippen molar-refractivity contribution in [1.29, 1.82) is 0 Å². The van der Waals surface area contributed by atoms with Crippen LogP contribution in [0.5, 0.6) is 5.75 Å². The average molecular weight is 411 g/mol. The Morgan fingerprint density at radius 2 is 1.77 bits per heavy atom. The molecule has 3 aliphatic heterocycles. The first-order valence-electron chi connectivity index (χ1n) is 11.0. The number of hydrogen-bond donors (Lipinski definition) is 0. The molecular weight excluding hydrogens is 380 g/mol. The maximum absolute atomic E-state index is 12.8. The molecule has 1 aromatic carbocycles. The highest BCUT2D eigenvalue weighted by atomic mass is 16.5. The van der Waals surface area contributed by atoms with Crippen molar-refractivity contribution in [3.63, 3.8) is 0 Å². The van der Waals surface area contributed by atoms with Gasteiger partial charge in [0.15, 0.2) is 0 Å². The molecule has 0 radical (unpaired) electrons. The summed E-state index contributed by atoms with van der Waals surface area (Å²) in [6.45, 7) is 6.17. The lowest BCUT2D eigenvalue weighted by molar-refractivity contribution is -0.145. The summed E-state index contributed by atoms with van der Waals surface area (Å²) in [4.78, 5) is 21.4. The Hall–Kier alpha value is -2.54. The lowest BCUT2D eigenvalue weighted by Crippen LogP contribution is -2.54. The number of methoxy groups -OCH3 is 1. The third kappa shape index (κ3) is 3.35. The first-order chi connectivity index (χ1) is 14.6. The number of urea groups is 1. The zero-order valence-electron chi connectivity index (χ0n) is 17.8. The van der Waals surface area contributed by atoms with Crippen LogP contribution in [0.1, 0.15) is 44.5 Å². The molecule has 0 N–H and O–H groups in total. The van der Waals surface area contributed by atoms with Crippen LogP contribution in [-0.4, -0.2) is 64.3 Å². The van der Waals surface area contributed by atoms with Crippen LogP contribution in [0.15, 0.2) is 30.5 Å². The number of amides is 2. The van der Waals surface area contributed by atoms with E-state index >= 15 is 0 Å². The van der Waals surface area contributed by atoms with Gasteiger partial charge in [-0.25, -0.2) is 9.78 Å². The molecule has 0 aliphatic carbocycles. The van der Waals surface area contributed by atoms with Crippen LogP contribution >= 0.6 is 0 Å². The molecule has 2 fully saturated rings. The summed E-state index contributed by atoms with van der Waals surface area (Å²) in [6, 6.07) is 8.32. The minimum atomic E-state index is -0.240. The molecule has 1 atom stereocenters. The quantitative estimate of drug-likeness (QED) is 0.757. The van der Waals surface area contributed by atoms with E-state index in [-0.39, 0.29) is 17.7 Å². The largest absolute Gasteiger partial charge is 0.497 e. The summed E-state index contributed by atoms with van der Waals surface area (Å²) in [7, 11) is 1.68. The maximum Gasteiger partial charge on any atom is 0.320 e. The number of piperidine rings is 1. The van der Waals surface area contributed by atoms with Crippen LogP contribution < -0.4 is 4.74 Å². The summed E-state index contributed by atoms with van der Waals surface area (Å²) in [5.74, 6) is 1.82. The van der Waals surface area contributed by atoms with Crippen molar-refractivity contribution in [3.05, 3.63) is 36.3 Å². The van der Waals surface area contributed by atoms with Crippen LogP contribution in [0.4, 0.5) is 4.79 Å². The molecule has 1 aromatic heterocycles. The number of likely N-dealkylation sites (tertiary alicyclic amines) is 2. The summed E-state index contributed by atoms with van der Waals surface area (Å²) in [6.07, 6.45) is 5.85. The molecule has 2 saturated heterocycles. The van der Waals surface area contributed by atoms with Crippen LogP contribution in [0.2, 0.25) is 0 Å². The number of carbonyl (C=O) groups excluding carboxylic acids is 1. The van der Waals surface area contributed by atoms with Crippen molar-refractivity contribution in [2.45, 2.75) is 50.9 Å². The molecule has 0 saturated carbocycles. The monoisotopic (exact) mass is 410 g/mol. The molecule has 160 valence electrons. The van der Waals surface area contributed by atoms with Gasteiger partial charge < -0.3 is 23.8 Å². The number of carbonyl (C=O) groups is 1. The molecule has 30 heavy (non-hydrogen) atoms. The number of nitrogens with zero attached hydrogens (tertiary/aromatic N) is 4. The summed E-state index contributed by atoms with van der Waals surface area (Å²) in [5.41, 5.74) is 1.99.